The Balaban J connectivity index is 1.64. The number of aromatic nitrogens is 4. The van der Waals surface area contributed by atoms with Crippen LogP contribution in [0.15, 0.2) is 55.2 Å². The van der Waals surface area contributed by atoms with E-state index in [4.69, 9.17) is 0 Å². The van der Waals surface area contributed by atoms with Gasteiger partial charge in [-0.15, -0.1) is 0 Å². The Morgan fingerprint density at radius 3 is 2.86 bits per heavy atom. The molecule has 0 spiro atoms. The molecule has 5 heteroatoms. The maximum Gasteiger partial charge on any atom is 0.137 e. The minimum Gasteiger partial charge on any atom is -0.381 e. The molecule has 1 N–H and O–H groups in total. The van der Waals surface area contributed by atoms with E-state index < -0.39 is 0 Å². The van der Waals surface area contributed by atoms with Crippen LogP contribution >= 0.6 is 0 Å². The zero-order valence-electron chi connectivity index (χ0n) is 11.9. The molecule has 0 saturated heterocycles. The first-order valence-electron chi connectivity index (χ1n) is 6.86. The van der Waals surface area contributed by atoms with Crippen molar-refractivity contribution in [3.05, 3.63) is 72.1 Å². The highest BCUT2D eigenvalue weighted by Crippen LogP contribution is 2.13. The smallest absolute Gasteiger partial charge is 0.137 e. The molecule has 3 rings (SSSR count). The first-order valence-corrected chi connectivity index (χ1v) is 6.86. The number of anilines is 1. The number of nitrogens with one attached hydrogen (secondary N) is 1. The predicted molar refractivity (Wildman–Crippen MR) is 81.9 cm³/mol. The van der Waals surface area contributed by atoms with Gasteiger partial charge in [0.1, 0.15) is 12.7 Å². The molecule has 0 fully saturated rings. The van der Waals surface area contributed by atoms with Crippen LogP contribution in [0.5, 0.6) is 0 Å². The largest absolute Gasteiger partial charge is 0.381 e. The van der Waals surface area contributed by atoms with E-state index in [1.807, 2.05) is 29.9 Å². The molecular weight excluding hydrogens is 262 g/mol. The summed E-state index contributed by atoms with van der Waals surface area (Å²) in [6, 6.07) is 12.4. The number of nitrogens with zero attached hydrogens (tertiary/aromatic N) is 4. The highest BCUT2D eigenvalue weighted by Gasteiger charge is 1.99. The van der Waals surface area contributed by atoms with Crippen LogP contribution in [-0.4, -0.2) is 19.7 Å². The second-order valence-electron chi connectivity index (χ2n) is 4.95. The van der Waals surface area contributed by atoms with Gasteiger partial charge in [-0.2, -0.15) is 5.10 Å². The Morgan fingerprint density at radius 1 is 1.14 bits per heavy atom. The Hall–Kier alpha value is -2.69. The van der Waals surface area contributed by atoms with Crippen molar-refractivity contribution in [1.82, 2.24) is 19.7 Å². The van der Waals surface area contributed by atoms with Crippen molar-refractivity contribution in [2.45, 2.75) is 20.0 Å². The zero-order valence-corrected chi connectivity index (χ0v) is 11.9. The van der Waals surface area contributed by atoms with Gasteiger partial charge in [-0.25, -0.2) is 9.67 Å². The zero-order chi connectivity index (χ0) is 14.5. The van der Waals surface area contributed by atoms with Gasteiger partial charge in [0, 0.05) is 24.1 Å². The van der Waals surface area contributed by atoms with Crippen molar-refractivity contribution < 1.29 is 0 Å². The molecule has 0 atom stereocenters. The van der Waals surface area contributed by atoms with E-state index in [1.165, 1.54) is 11.1 Å². The average molecular weight is 279 g/mol. The first-order chi connectivity index (χ1) is 10.3. The van der Waals surface area contributed by atoms with Crippen LogP contribution in [-0.2, 0) is 13.1 Å². The van der Waals surface area contributed by atoms with Crippen molar-refractivity contribution in [2.75, 3.05) is 5.32 Å². The second-order valence-corrected chi connectivity index (χ2v) is 4.95. The predicted octanol–water partition coefficient (Wildman–Crippen LogP) is 2.64. The second kappa shape index (κ2) is 6.17. The van der Waals surface area contributed by atoms with Crippen molar-refractivity contribution >= 4 is 5.69 Å². The molecule has 106 valence electrons. The molecule has 0 saturated carbocycles. The minimum absolute atomic E-state index is 0.724. The Bertz CT molecular complexity index is 689. The summed E-state index contributed by atoms with van der Waals surface area (Å²) < 4.78 is 1.81. The molecule has 0 aliphatic carbocycles. The molecular formula is C16H17N5. The van der Waals surface area contributed by atoms with Crippen LogP contribution in [0.1, 0.15) is 16.8 Å². The van der Waals surface area contributed by atoms with Crippen LogP contribution in [0, 0.1) is 6.92 Å². The molecule has 1 aromatic carbocycles. The lowest BCUT2D eigenvalue weighted by Crippen LogP contribution is -2.03. The molecule has 0 radical (unpaired) electrons. The maximum absolute atomic E-state index is 4.30. The number of hydrogen-bond acceptors (Lipinski definition) is 4. The van der Waals surface area contributed by atoms with E-state index >= 15 is 0 Å². The summed E-state index contributed by atoms with van der Waals surface area (Å²) in [6.45, 7) is 3.48. The Kier molecular flexibility index (Phi) is 3.91. The topological polar surface area (TPSA) is 55.6 Å². The molecule has 0 aliphatic heterocycles. The average Bonchev–Trinajstić information content (AvgIpc) is 3.00. The fraction of sp³-hybridized carbons (Fsp3) is 0.188. The minimum atomic E-state index is 0.724. The quantitative estimate of drug-likeness (QED) is 0.780. The Labute approximate surface area is 123 Å². The first kappa shape index (κ1) is 13.3. The van der Waals surface area contributed by atoms with Gasteiger partial charge in [-0.1, -0.05) is 18.2 Å². The van der Waals surface area contributed by atoms with Gasteiger partial charge in [0.15, 0.2) is 0 Å². The van der Waals surface area contributed by atoms with E-state index in [0.717, 1.165) is 24.5 Å². The van der Waals surface area contributed by atoms with Crippen molar-refractivity contribution in [3.63, 3.8) is 0 Å². The molecule has 0 amide bonds. The number of pyridine rings is 1. The van der Waals surface area contributed by atoms with Gasteiger partial charge < -0.3 is 5.32 Å². The normalized spacial score (nSPS) is 10.5. The third-order valence-electron chi connectivity index (χ3n) is 3.21. The van der Waals surface area contributed by atoms with Crippen molar-refractivity contribution in [3.8, 4) is 0 Å². The van der Waals surface area contributed by atoms with E-state index in [2.05, 4.69) is 44.6 Å². The summed E-state index contributed by atoms with van der Waals surface area (Å²) in [5, 5.41) is 7.53. The lowest BCUT2D eigenvalue weighted by Gasteiger charge is -2.08. The summed E-state index contributed by atoms with van der Waals surface area (Å²) in [5.74, 6) is 0. The van der Waals surface area contributed by atoms with E-state index in [9.17, 15) is 0 Å². The van der Waals surface area contributed by atoms with E-state index in [1.54, 1.807) is 12.7 Å². The number of hydrogen-bond donors (Lipinski definition) is 1. The monoisotopic (exact) mass is 279 g/mol. The molecule has 2 aromatic heterocycles. The van der Waals surface area contributed by atoms with Gasteiger partial charge in [-0.05, 0) is 36.2 Å². The van der Waals surface area contributed by atoms with Crippen LogP contribution in [0.3, 0.4) is 0 Å². The highest BCUT2D eigenvalue weighted by atomic mass is 15.3. The van der Waals surface area contributed by atoms with Gasteiger partial charge in [0.2, 0.25) is 0 Å². The number of benzene rings is 1. The molecule has 3 aromatic rings. The van der Waals surface area contributed by atoms with Crippen LogP contribution in [0.2, 0.25) is 0 Å². The Morgan fingerprint density at radius 2 is 2.10 bits per heavy atom. The maximum atomic E-state index is 4.30. The molecule has 0 unspecified atom stereocenters. The van der Waals surface area contributed by atoms with Gasteiger partial charge in [0.05, 0.1) is 6.54 Å². The van der Waals surface area contributed by atoms with Crippen molar-refractivity contribution in [1.29, 1.82) is 0 Å². The van der Waals surface area contributed by atoms with Gasteiger partial charge >= 0.3 is 0 Å². The summed E-state index contributed by atoms with van der Waals surface area (Å²) in [4.78, 5) is 8.25. The van der Waals surface area contributed by atoms with Crippen molar-refractivity contribution in [2.24, 2.45) is 0 Å². The fourth-order valence-corrected chi connectivity index (χ4v) is 2.09. The fourth-order valence-electron chi connectivity index (χ4n) is 2.09. The third kappa shape index (κ3) is 3.66. The molecule has 0 bridgehead atoms. The molecule has 0 aliphatic rings. The third-order valence-corrected chi connectivity index (χ3v) is 3.21. The summed E-state index contributed by atoms with van der Waals surface area (Å²) in [5.41, 5.74) is 4.48. The standard InChI is InChI=1S/C16H17N5/c1-13-5-6-15(8-18-13)9-19-16-4-2-3-14(7-16)10-21-12-17-11-20-21/h2-8,11-12,19H,9-10H2,1H3. The summed E-state index contributed by atoms with van der Waals surface area (Å²) >= 11 is 0. The highest BCUT2D eigenvalue weighted by molar-refractivity contribution is 5.46. The van der Waals surface area contributed by atoms with Gasteiger partial charge in [-0.3, -0.25) is 4.98 Å². The summed E-state index contributed by atoms with van der Waals surface area (Å²) in [6.07, 6.45) is 5.17. The molecule has 21 heavy (non-hydrogen) atoms. The van der Waals surface area contributed by atoms with Gasteiger partial charge in [0.25, 0.3) is 0 Å². The van der Waals surface area contributed by atoms with E-state index in [0.29, 0.717) is 0 Å². The summed E-state index contributed by atoms with van der Waals surface area (Å²) in [7, 11) is 0. The molecule has 5 nitrogen and oxygen atoms in total. The molecule has 2 heterocycles. The number of rotatable bonds is 5. The van der Waals surface area contributed by atoms with Crippen LogP contribution in [0.25, 0.3) is 0 Å². The van der Waals surface area contributed by atoms with Crippen LogP contribution in [0.4, 0.5) is 5.69 Å². The van der Waals surface area contributed by atoms with E-state index in [-0.39, 0.29) is 0 Å². The SMILES string of the molecule is Cc1ccc(CNc2cccc(Cn3cncn3)c2)cn1. The number of aryl methyl sites for hydroxylation is 1. The van der Waals surface area contributed by atoms with Crippen LogP contribution < -0.4 is 5.32 Å². The lowest BCUT2D eigenvalue weighted by molar-refractivity contribution is 0.685. The lowest BCUT2D eigenvalue weighted by atomic mass is 10.2.